The maximum Gasteiger partial charge on any atom is 0.530 e. The van der Waals surface area contributed by atoms with Gasteiger partial charge in [0, 0.05) is 5.92 Å². The van der Waals surface area contributed by atoms with Crippen molar-refractivity contribution in [2.45, 2.75) is 20.8 Å². The fourth-order valence-electron chi connectivity index (χ4n) is 1.61. The summed E-state index contributed by atoms with van der Waals surface area (Å²) in [5.41, 5.74) is 0.0675. The van der Waals surface area contributed by atoms with Crippen LogP contribution in [-0.4, -0.2) is 13.2 Å². The molecule has 4 nitrogen and oxygen atoms in total. The molecule has 1 saturated heterocycles. The highest BCUT2D eigenvalue weighted by Crippen LogP contribution is 2.53. The van der Waals surface area contributed by atoms with Gasteiger partial charge in [0.25, 0.3) is 0 Å². The van der Waals surface area contributed by atoms with E-state index in [1.165, 1.54) is 0 Å². The molecule has 0 unspecified atom stereocenters. The summed E-state index contributed by atoms with van der Waals surface area (Å²) < 4.78 is 28.2. The quantitative estimate of drug-likeness (QED) is 0.765. The third-order valence-corrected chi connectivity index (χ3v) is 4.42. The zero-order chi connectivity index (χ0) is 13.2. The molecule has 1 aliphatic rings. The van der Waals surface area contributed by atoms with E-state index < -0.39 is 7.82 Å². The van der Waals surface area contributed by atoms with Gasteiger partial charge < -0.3 is 4.52 Å². The Hall–Kier alpha value is -0.830. The van der Waals surface area contributed by atoms with E-state index in [1.807, 2.05) is 18.2 Å². The Morgan fingerprint density at radius 2 is 1.72 bits per heavy atom. The van der Waals surface area contributed by atoms with Gasteiger partial charge in [-0.2, -0.15) is 0 Å². The first-order valence-corrected chi connectivity index (χ1v) is 7.49. The van der Waals surface area contributed by atoms with Crippen LogP contribution in [0.2, 0.25) is 0 Å². The summed E-state index contributed by atoms with van der Waals surface area (Å²) in [7, 11) is -3.44. The zero-order valence-electron chi connectivity index (χ0n) is 11.0. The van der Waals surface area contributed by atoms with Crippen molar-refractivity contribution in [3.8, 4) is 5.75 Å². The average Bonchev–Trinajstić information content (AvgIpc) is 2.29. The first-order valence-electron chi connectivity index (χ1n) is 6.03. The van der Waals surface area contributed by atoms with Crippen LogP contribution in [0.15, 0.2) is 30.3 Å². The van der Waals surface area contributed by atoms with Crippen LogP contribution in [0.4, 0.5) is 0 Å². The lowest BCUT2D eigenvalue weighted by atomic mass is 9.82. The highest BCUT2D eigenvalue weighted by Gasteiger charge is 2.39. The number of phosphoric ester groups is 1. The number of phosphoric acid groups is 1. The Kier molecular flexibility index (Phi) is 3.81. The highest BCUT2D eigenvalue weighted by molar-refractivity contribution is 7.49. The summed E-state index contributed by atoms with van der Waals surface area (Å²) >= 11 is 0. The Morgan fingerprint density at radius 3 is 2.22 bits per heavy atom. The second-order valence-electron chi connectivity index (χ2n) is 5.51. The van der Waals surface area contributed by atoms with Gasteiger partial charge >= 0.3 is 7.82 Å². The Bertz CT molecular complexity index is 426. The Labute approximate surface area is 108 Å². The van der Waals surface area contributed by atoms with Gasteiger partial charge in [-0.05, 0) is 17.5 Å². The Balaban J connectivity index is 1.98. The van der Waals surface area contributed by atoms with Gasteiger partial charge in [0.15, 0.2) is 0 Å². The van der Waals surface area contributed by atoms with Crippen LogP contribution in [0.5, 0.6) is 5.75 Å². The monoisotopic (exact) mass is 270 g/mol. The lowest BCUT2D eigenvalue weighted by Gasteiger charge is -2.35. The van der Waals surface area contributed by atoms with Crippen molar-refractivity contribution in [3.05, 3.63) is 30.3 Å². The van der Waals surface area contributed by atoms with Gasteiger partial charge in [-0.1, -0.05) is 39.0 Å². The largest absolute Gasteiger partial charge is 0.530 e. The molecule has 0 aromatic heterocycles. The molecular formula is C13H19O4P. The summed E-state index contributed by atoms with van der Waals surface area (Å²) in [5.74, 6) is 0.717. The minimum Gasteiger partial charge on any atom is -0.404 e. The van der Waals surface area contributed by atoms with E-state index in [1.54, 1.807) is 12.1 Å². The van der Waals surface area contributed by atoms with Crippen molar-refractivity contribution in [2.75, 3.05) is 13.2 Å². The highest BCUT2D eigenvalue weighted by atomic mass is 31.2. The third kappa shape index (κ3) is 3.35. The molecule has 1 aromatic rings. The second-order valence-corrected chi connectivity index (χ2v) is 7.10. The van der Waals surface area contributed by atoms with Crippen molar-refractivity contribution in [2.24, 2.45) is 11.3 Å². The minimum absolute atomic E-state index is 0.0675. The summed E-state index contributed by atoms with van der Waals surface area (Å²) in [6, 6.07) is 8.93. The van der Waals surface area contributed by atoms with E-state index in [0.29, 0.717) is 19.0 Å². The fourth-order valence-corrected chi connectivity index (χ4v) is 2.90. The molecule has 0 radical (unpaired) electrons. The zero-order valence-corrected chi connectivity index (χ0v) is 11.9. The predicted octanol–water partition coefficient (Wildman–Crippen LogP) is 3.88. The van der Waals surface area contributed by atoms with Gasteiger partial charge in [0.1, 0.15) is 5.75 Å². The van der Waals surface area contributed by atoms with Crippen molar-refractivity contribution in [3.63, 3.8) is 0 Å². The number of rotatable bonds is 2. The van der Waals surface area contributed by atoms with Gasteiger partial charge in [-0.15, -0.1) is 0 Å². The summed E-state index contributed by atoms with van der Waals surface area (Å²) in [6.45, 7) is 7.12. The smallest absolute Gasteiger partial charge is 0.404 e. The van der Waals surface area contributed by atoms with Gasteiger partial charge in [0.2, 0.25) is 0 Å². The number of para-hydroxylation sites is 1. The molecule has 0 amide bonds. The molecule has 2 rings (SSSR count). The molecule has 100 valence electrons. The molecule has 0 atom stereocenters. The third-order valence-electron chi connectivity index (χ3n) is 3.05. The van der Waals surface area contributed by atoms with E-state index in [0.717, 1.165) is 0 Å². The van der Waals surface area contributed by atoms with Gasteiger partial charge in [0.05, 0.1) is 13.2 Å². The molecule has 1 aromatic carbocycles. The van der Waals surface area contributed by atoms with Crippen LogP contribution in [0, 0.1) is 11.3 Å². The molecule has 0 aliphatic carbocycles. The van der Waals surface area contributed by atoms with Crippen molar-refractivity contribution in [1.29, 1.82) is 0 Å². The molecule has 5 heteroatoms. The second kappa shape index (κ2) is 5.04. The first kappa shape index (κ1) is 13.6. The van der Waals surface area contributed by atoms with Crippen LogP contribution in [0.25, 0.3) is 0 Å². The average molecular weight is 270 g/mol. The van der Waals surface area contributed by atoms with Crippen LogP contribution in [0.3, 0.4) is 0 Å². The summed E-state index contributed by atoms with van der Waals surface area (Å²) in [4.78, 5) is 0. The van der Waals surface area contributed by atoms with E-state index >= 15 is 0 Å². The van der Waals surface area contributed by atoms with Crippen LogP contribution in [-0.2, 0) is 13.6 Å². The van der Waals surface area contributed by atoms with Crippen molar-refractivity contribution >= 4 is 7.82 Å². The van der Waals surface area contributed by atoms with Gasteiger partial charge in [-0.25, -0.2) is 4.57 Å². The molecule has 1 aliphatic heterocycles. The fraction of sp³-hybridized carbons (Fsp3) is 0.538. The van der Waals surface area contributed by atoms with Crippen molar-refractivity contribution in [1.82, 2.24) is 0 Å². The van der Waals surface area contributed by atoms with E-state index in [-0.39, 0.29) is 11.3 Å². The van der Waals surface area contributed by atoms with Crippen LogP contribution < -0.4 is 4.52 Å². The molecular weight excluding hydrogens is 251 g/mol. The topological polar surface area (TPSA) is 44.8 Å². The Morgan fingerprint density at radius 1 is 1.17 bits per heavy atom. The molecule has 0 N–H and O–H groups in total. The molecule has 18 heavy (non-hydrogen) atoms. The first-order chi connectivity index (χ1) is 8.39. The number of benzene rings is 1. The number of hydrogen-bond donors (Lipinski definition) is 0. The standard InChI is InChI=1S/C13H19O4P/c1-13(2,3)11-9-15-18(14,16-10-11)17-12-7-5-4-6-8-12/h4-8,11H,9-10H2,1-3H3. The van der Waals surface area contributed by atoms with E-state index in [4.69, 9.17) is 13.6 Å². The normalized spacial score (nSPS) is 28.9. The van der Waals surface area contributed by atoms with Gasteiger partial charge in [-0.3, -0.25) is 9.05 Å². The van der Waals surface area contributed by atoms with Crippen molar-refractivity contribution < 1.29 is 18.1 Å². The molecule has 1 fully saturated rings. The number of hydrogen-bond acceptors (Lipinski definition) is 4. The van der Waals surface area contributed by atoms with Crippen LogP contribution >= 0.6 is 7.82 Å². The molecule has 1 heterocycles. The van der Waals surface area contributed by atoms with Crippen LogP contribution in [0.1, 0.15) is 20.8 Å². The lowest BCUT2D eigenvalue weighted by Crippen LogP contribution is -2.33. The summed E-state index contributed by atoms with van der Waals surface area (Å²) in [6.07, 6.45) is 0. The predicted molar refractivity (Wildman–Crippen MR) is 69.5 cm³/mol. The lowest BCUT2D eigenvalue weighted by molar-refractivity contribution is 0.0155. The molecule has 0 saturated carbocycles. The van der Waals surface area contributed by atoms with E-state index in [9.17, 15) is 4.57 Å². The van der Waals surface area contributed by atoms with E-state index in [2.05, 4.69) is 20.8 Å². The SMILES string of the molecule is CC(C)(C)C1COP(=O)(Oc2ccccc2)OC1. The molecule has 0 bridgehead atoms. The minimum atomic E-state index is -3.44. The molecule has 0 spiro atoms. The maximum absolute atomic E-state index is 12.2. The summed E-state index contributed by atoms with van der Waals surface area (Å²) in [5, 5.41) is 0. The maximum atomic E-state index is 12.2.